The molecule has 0 saturated carbocycles. The first-order valence-corrected chi connectivity index (χ1v) is 8.94. The predicted octanol–water partition coefficient (Wildman–Crippen LogP) is 2.36. The molecule has 108 valence electrons. The first kappa shape index (κ1) is 14.0. The van der Waals surface area contributed by atoms with E-state index in [-0.39, 0.29) is 4.21 Å². The summed E-state index contributed by atoms with van der Waals surface area (Å²) in [6.45, 7) is 0. The average molecular weight is 339 g/mol. The summed E-state index contributed by atoms with van der Waals surface area (Å²) < 4.78 is 26.5. The van der Waals surface area contributed by atoms with E-state index >= 15 is 0 Å². The molecule has 0 aliphatic rings. The van der Waals surface area contributed by atoms with E-state index < -0.39 is 14.9 Å². The van der Waals surface area contributed by atoms with Gasteiger partial charge in [0, 0.05) is 29.0 Å². The van der Waals surface area contributed by atoms with Gasteiger partial charge < -0.3 is 4.98 Å². The van der Waals surface area contributed by atoms with Crippen LogP contribution in [0.25, 0.3) is 10.6 Å². The van der Waals surface area contributed by atoms with Crippen molar-refractivity contribution in [3.8, 4) is 10.6 Å². The summed E-state index contributed by atoms with van der Waals surface area (Å²) >= 11 is 2.15. The van der Waals surface area contributed by atoms with Crippen molar-refractivity contribution in [3.05, 3.63) is 51.7 Å². The predicted molar refractivity (Wildman–Crippen MR) is 83.3 cm³/mol. The summed E-state index contributed by atoms with van der Waals surface area (Å²) in [5.74, 6) is 0. The van der Waals surface area contributed by atoms with Crippen LogP contribution in [0.2, 0.25) is 0 Å². The number of nitrogens with one attached hydrogen (secondary N) is 2. The summed E-state index contributed by atoms with van der Waals surface area (Å²) in [4.78, 5) is 17.1. The molecule has 0 saturated heterocycles. The fraction of sp³-hybridized carbons (Fsp3) is 0. The number of anilines is 1. The first-order chi connectivity index (χ1) is 10.0. The number of thiazole rings is 2. The highest BCUT2D eigenvalue weighted by atomic mass is 32.2. The van der Waals surface area contributed by atoms with Gasteiger partial charge in [-0.15, -0.1) is 11.3 Å². The van der Waals surface area contributed by atoms with E-state index in [1.54, 1.807) is 30.5 Å². The summed E-state index contributed by atoms with van der Waals surface area (Å²) in [7, 11) is -3.73. The van der Waals surface area contributed by atoms with Crippen LogP contribution in [-0.4, -0.2) is 18.4 Å². The van der Waals surface area contributed by atoms with Crippen LogP contribution in [0.15, 0.2) is 51.0 Å². The van der Waals surface area contributed by atoms with E-state index in [0.717, 1.165) is 10.6 Å². The summed E-state index contributed by atoms with van der Waals surface area (Å²) in [6.07, 6.45) is 2.89. The van der Waals surface area contributed by atoms with Gasteiger partial charge in [0.25, 0.3) is 10.0 Å². The highest BCUT2D eigenvalue weighted by molar-refractivity contribution is 7.94. The molecule has 0 fully saturated rings. The van der Waals surface area contributed by atoms with Crippen LogP contribution in [0, 0.1) is 0 Å². The second-order valence-corrected chi connectivity index (χ2v) is 7.84. The molecule has 0 atom stereocenters. The molecule has 9 heteroatoms. The normalized spacial score (nSPS) is 11.4. The molecule has 1 aromatic carbocycles. The van der Waals surface area contributed by atoms with E-state index in [1.165, 1.54) is 17.5 Å². The van der Waals surface area contributed by atoms with Crippen LogP contribution in [0.4, 0.5) is 5.69 Å². The average Bonchev–Trinajstić information content (AvgIpc) is 3.10. The highest BCUT2D eigenvalue weighted by Crippen LogP contribution is 2.24. The molecular formula is C12H9N3O3S3. The zero-order valence-electron chi connectivity index (χ0n) is 10.4. The molecule has 0 amide bonds. The minimum absolute atomic E-state index is 0.0449. The zero-order chi connectivity index (χ0) is 14.9. The van der Waals surface area contributed by atoms with Crippen LogP contribution in [0.3, 0.4) is 0 Å². The van der Waals surface area contributed by atoms with Gasteiger partial charge >= 0.3 is 4.87 Å². The first-order valence-electron chi connectivity index (χ1n) is 5.76. The summed E-state index contributed by atoms with van der Waals surface area (Å²) in [6, 6.07) is 6.89. The van der Waals surface area contributed by atoms with E-state index in [2.05, 4.69) is 14.7 Å². The number of sulfonamides is 1. The third-order valence-corrected chi connectivity index (χ3v) is 6.09. The lowest BCUT2D eigenvalue weighted by molar-refractivity contribution is 0.603. The molecule has 0 radical (unpaired) electrons. The molecule has 0 spiro atoms. The van der Waals surface area contributed by atoms with Crippen LogP contribution < -0.4 is 9.60 Å². The maximum Gasteiger partial charge on any atom is 0.305 e. The van der Waals surface area contributed by atoms with Crippen LogP contribution in [0.1, 0.15) is 0 Å². The Morgan fingerprint density at radius 1 is 1.19 bits per heavy atom. The number of hydrogen-bond acceptors (Lipinski definition) is 6. The Labute approximate surface area is 128 Å². The van der Waals surface area contributed by atoms with Gasteiger partial charge in [-0.05, 0) is 24.3 Å². The van der Waals surface area contributed by atoms with Gasteiger partial charge in [0.05, 0.1) is 0 Å². The van der Waals surface area contributed by atoms with Gasteiger partial charge in [0.15, 0.2) is 4.21 Å². The third kappa shape index (κ3) is 3.04. The number of hydrogen-bond donors (Lipinski definition) is 2. The van der Waals surface area contributed by atoms with Crippen molar-refractivity contribution >= 4 is 38.4 Å². The Bertz CT molecular complexity index is 893. The molecule has 2 N–H and O–H groups in total. The number of H-pyrrole nitrogens is 1. The van der Waals surface area contributed by atoms with Crippen molar-refractivity contribution in [2.24, 2.45) is 0 Å². The molecule has 21 heavy (non-hydrogen) atoms. The number of nitrogens with zero attached hydrogens (tertiary/aromatic N) is 1. The Kier molecular flexibility index (Phi) is 3.62. The van der Waals surface area contributed by atoms with Crippen LogP contribution >= 0.6 is 22.7 Å². The number of aromatic nitrogens is 2. The topological polar surface area (TPSA) is 91.9 Å². The van der Waals surface area contributed by atoms with Gasteiger partial charge in [0.2, 0.25) is 0 Å². The Morgan fingerprint density at radius 3 is 2.52 bits per heavy atom. The summed E-state index contributed by atoms with van der Waals surface area (Å²) in [5, 5.41) is 2.74. The smallest absolute Gasteiger partial charge is 0.305 e. The second-order valence-electron chi connectivity index (χ2n) is 4.02. The van der Waals surface area contributed by atoms with Crippen molar-refractivity contribution in [2.75, 3.05) is 4.72 Å². The van der Waals surface area contributed by atoms with Gasteiger partial charge in [-0.1, -0.05) is 11.3 Å². The zero-order valence-corrected chi connectivity index (χ0v) is 12.9. The Morgan fingerprint density at radius 2 is 1.95 bits per heavy atom. The summed E-state index contributed by atoms with van der Waals surface area (Å²) in [5.41, 5.74) is 1.34. The molecule has 3 rings (SSSR count). The van der Waals surface area contributed by atoms with Gasteiger partial charge in [0.1, 0.15) is 5.01 Å². The van der Waals surface area contributed by atoms with E-state index in [4.69, 9.17) is 0 Å². The lowest BCUT2D eigenvalue weighted by atomic mass is 10.2. The van der Waals surface area contributed by atoms with E-state index in [0.29, 0.717) is 17.0 Å². The minimum Gasteiger partial charge on any atom is -0.318 e. The van der Waals surface area contributed by atoms with Gasteiger partial charge in [-0.3, -0.25) is 9.52 Å². The Balaban J connectivity index is 1.84. The van der Waals surface area contributed by atoms with Crippen molar-refractivity contribution in [2.45, 2.75) is 4.21 Å². The molecular weight excluding hydrogens is 330 g/mol. The highest BCUT2D eigenvalue weighted by Gasteiger charge is 2.17. The standard InChI is InChI=1S/C12H9N3O3S3/c16-12-14-7-10(20-12)21(17,18)15-9-3-1-8(2-4-9)11-13-5-6-19-11/h1-7,15H,(H,14,16). The SMILES string of the molecule is O=c1[nH]cc(S(=O)(=O)Nc2ccc(-c3nccs3)cc2)s1. The molecule has 2 heterocycles. The van der Waals surface area contributed by atoms with Crippen molar-refractivity contribution in [1.29, 1.82) is 0 Å². The van der Waals surface area contributed by atoms with Crippen molar-refractivity contribution < 1.29 is 8.42 Å². The molecule has 3 aromatic rings. The van der Waals surface area contributed by atoms with E-state index in [9.17, 15) is 13.2 Å². The lowest BCUT2D eigenvalue weighted by Crippen LogP contribution is -2.11. The fourth-order valence-corrected chi connectivity index (χ4v) is 4.27. The molecule has 0 aliphatic carbocycles. The molecule has 2 aromatic heterocycles. The lowest BCUT2D eigenvalue weighted by Gasteiger charge is -2.06. The van der Waals surface area contributed by atoms with Crippen LogP contribution in [-0.2, 0) is 10.0 Å². The maximum atomic E-state index is 12.1. The largest absolute Gasteiger partial charge is 0.318 e. The third-order valence-electron chi connectivity index (χ3n) is 2.58. The maximum absolute atomic E-state index is 12.1. The molecule has 6 nitrogen and oxygen atoms in total. The minimum atomic E-state index is -3.73. The molecule has 0 unspecified atom stereocenters. The van der Waals surface area contributed by atoms with Gasteiger partial charge in [-0.2, -0.15) is 0 Å². The number of benzene rings is 1. The quantitative estimate of drug-likeness (QED) is 0.763. The van der Waals surface area contributed by atoms with Crippen molar-refractivity contribution in [1.82, 2.24) is 9.97 Å². The van der Waals surface area contributed by atoms with Crippen molar-refractivity contribution in [3.63, 3.8) is 0 Å². The number of rotatable bonds is 4. The fourth-order valence-electron chi connectivity index (χ4n) is 1.65. The Hall–Kier alpha value is -1.97. The van der Waals surface area contributed by atoms with Crippen LogP contribution in [0.5, 0.6) is 0 Å². The number of aromatic amines is 1. The second kappa shape index (κ2) is 5.43. The van der Waals surface area contributed by atoms with Gasteiger partial charge in [-0.25, -0.2) is 13.4 Å². The monoisotopic (exact) mass is 339 g/mol. The van der Waals surface area contributed by atoms with E-state index in [1.807, 2.05) is 5.38 Å². The molecule has 0 bridgehead atoms. The molecule has 0 aliphatic heterocycles.